The van der Waals surface area contributed by atoms with E-state index < -0.39 is 11.7 Å². The maximum absolute atomic E-state index is 12.9. The molecule has 0 aliphatic carbocycles. The highest BCUT2D eigenvalue weighted by molar-refractivity contribution is 6.08. The van der Waals surface area contributed by atoms with E-state index in [0.29, 0.717) is 30.0 Å². The van der Waals surface area contributed by atoms with Crippen LogP contribution in [-0.2, 0) is 4.74 Å². The van der Waals surface area contributed by atoms with Gasteiger partial charge >= 0.3 is 0 Å². The van der Waals surface area contributed by atoms with Gasteiger partial charge in [0.25, 0.3) is 11.8 Å². The Morgan fingerprint density at radius 2 is 1.74 bits per heavy atom. The van der Waals surface area contributed by atoms with Gasteiger partial charge in [0, 0.05) is 19.2 Å². The number of methoxy groups -OCH3 is 1. The Balaban J connectivity index is 2.12. The number of para-hydroxylation sites is 1. The van der Waals surface area contributed by atoms with E-state index in [9.17, 15) is 14.0 Å². The Morgan fingerprint density at radius 1 is 1.04 bits per heavy atom. The molecule has 0 saturated carbocycles. The van der Waals surface area contributed by atoms with Crippen LogP contribution in [0.2, 0.25) is 0 Å². The Bertz CT molecular complexity index is 686. The second-order valence-corrected chi connectivity index (χ2v) is 4.76. The minimum Gasteiger partial charge on any atom is -0.383 e. The monoisotopic (exact) mass is 316 g/mol. The number of halogens is 1. The van der Waals surface area contributed by atoms with Crippen LogP contribution in [0.4, 0.5) is 10.1 Å². The molecule has 0 spiro atoms. The van der Waals surface area contributed by atoms with Gasteiger partial charge in [-0.15, -0.1) is 0 Å². The third-order valence-corrected chi connectivity index (χ3v) is 3.12. The van der Waals surface area contributed by atoms with E-state index in [2.05, 4.69) is 10.6 Å². The molecule has 2 amide bonds. The molecule has 0 unspecified atom stereocenters. The highest BCUT2D eigenvalue weighted by Crippen LogP contribution is 2.16. The average molecular weight is 316 g/mol. The SMILES string of the molecule is COCCNC(=O)c1ccccc1NC(=O)c1ccc(F)cc1. The fourth-order valence-corrected chi connectivity index (χ4v) is 1.95. The summed E-state index contributed by atoms with van der Waals surface area (Å²) in [6, 6.07) is 11.8. The fourth-order valence-electron chi connectivity index (χ4n) is 1.95. The van der Waals surface area contributed by atoms with Crippen LogP contribution in [0.1, 0.15) is 20.7 Å². The van der Waals surface area contributed by atoms with Gasteiger partial charge in [0.05, 0.1) is 17.9 Å². The second kappa shape index (κ2) is 8.05. The number of rotatable bonds is 6. The van der Waals surface area contributed by atoms with E-state index in [1.807, 2.05) is 0 Å². The first-order chi connectivity index (χ1) is 11.1. The smallest absolute Gasteiger partial charge is 0.255 e. The van der Waals surface area contributed by atoms with Crippen LogP contribution >= 0.6 is 0 Å². The van der Waals surface area contributed by atoms with Gasteiger partial charge in [0.1, 0.15) is 5.82 Å². The largest absolute Gasteiger partial charge is 0.383 e. The first-order valence-electron chi connectivity index (χ1n) is 7.05. The van der Waals surface area contributed by atoms with Crippen molar-refractivity contribution in [2.24, 2.45) is 0 Å². The summed E-state index contributed by atoms with van der Waals surface area (Å²) < 4.78 is 17.8. The summed E-state index contributed by atoms with van der Waals surface area (Å²) in [6.45, 7) is 0.769. The zero-order valence-corrected chi connectivity index (χ0v) is 12.6. The standard InChI is InChI=1S/C17H17FN2O3/c1-23-11-10-19-17(22)14-4-2-3-5-15(14)20-16(21)12-6-8-13(18)9-7-12/h2-9H,10-11H2,1H3,(H,19,22)(H,20,21). The Hall–Kier alpha value is -2.73. The summed E-state index contributed by atoms with van der Waals surface area (Å²) in [7, 11) is 1.54. The molecule has 0 atom stereocenters. The van der Waals surface area contributed by atoms with Crippen molar-refractivity contribution in [3.8, 4) is 0 Å². The van der Waals surface area contributed by atoms with E-state index >= 15 is 0 Å². The third-order valence-electron chi connectivity index (χ3n) is 3.12. The van der Waals surface area contributed by atoms with Crippen molar-refractivity contribution in [2.75, 3.05) is 25.6 Å². The van der Waals surface area contributed by atoms with Crippen LogP contribution in [0, 0.1) is 5.82 Å². The topological polar surface area (TPSA) is 67.4 Å². The van der Waals surface area contributed by atoms with Crippen molar-refractivity contribution >= 4 is 17.5 Å². The van der Waals surface area contributed by atoms with Gasteiger partial charge in [0.2, 0.25) is 0 Å². The first-order valence-corrected chi connectivity index (χ1v) is 7.05. The van der Waals surface area contributed by atoms with E-state index in [0.717, 1.165) is 0 Å². The van der Waals surface area contributed by atoms with Crippen LogP contribution in [0.3, 0.4) is 0 Å². The van der Waals surface area contributed by atoms with Crippen LogP contribution in [0.15, 0.2) is 48.5 Å². The lowest BCUT2D eigenvalue weighted by atomic mass is 10.1. The Morgan fingerprint density at radius 3 is 2.43 bits per heavy atom. The molecule has 23 heavy (non-hydrogen) atoms. The molecule has 120 valence electrons. The van der Waals surface area contributed by atoms with Crippen LogP contribution in [-0.4, -0.2) is 32.1 Å². The summed E-state index contributed by atoms with van der Waals surface area (Å²) in [6.07, 6.45) is 0. The van der Waals surface area contributed by atoms with E-state index in [1.165, 1.54) is 24.3 Å². The lowest BCUT2D eigenvalue weighted by Crippen LogP contribution is -2.28. The normalized spacial score (nSPS) is 10.2. The highest BCUT2D eigenvalue weighted by atomic mass is 19.1. The molecule has 2 aromatic carbocycles. The van der Waals surface area contributed by atoms with E-state index in [-0.39, 0.29) is 5.91 Å². The molecule has 0 aromatic heterocycles. The Labute approximate surface area is 133 Å². The van der Waals surface area contributed by atoms with Gasteiger partial charge in [0.15, 0.2) is 0 Å². The number of anilines is 1. The number of carbonyl (C=O) groups excluding carboxylic acids is 2. The zero-order valence-electron chi connectivity index (χ0n) is 12.6. The maximum Gasteiger partial charge on any atom is 0.255 e. The molecule has 0 heterocycles. The summed E-state index contributed by atoms with van der Waals surface area (Å²) in [5.41, 5.74) is 1.04. The molecule has 2 rings (SSSR count). The molecule has 2 N–H and O–H groups in total. The number of benzene rings is 2. The molecular weight excluding hydrogens is 299 g/mol. The van der Waals surface area contributed by atoms with Gasteiger partial charge in [-0.2, -0.15) is 0 Å². The number of nitrogens with one attached hydrogen (secondary N) is 2. The van der Waals surface area contributed by atoms with Gasteiger partial charge in [-0.05, 0) is 36.4 Å². The molecule has 0 fully saturated rings. The lowest BCUT2D eigenvalue weighted by molar-refractivity contribution is 0.0938. The number of carbonyl (C=O) groups is 2. The number of ether oxygens (including phenoxy) is 1. The first kappa shape index (κ1) is 16.6. The summed E-state index contributed by atoms with van der Waals surface area (Å²) >= 11 is 0. The van der Waals surface area contributed by atoms with Crippen molar-refractivity contribution in [3.63, 3.8) is 0 Å². The quantitative estimate of drug-likeness (QED) is 0.805. The molecule has 6 heteroatoms. The summed E-state index contributed by atoms with van der Waals surface area (Å²) in [5.74, 6) is -1.14. The van der Waals surface area contributed by atoms with Crippen molar-refractivity contribution < 1.29 is 18.7 Å². The minimum absolute atomic E-state index is 0.306. The lowest BCUT2D eigenvalue weighted by Gasteiger charge is -2.11. The molecular formula is C17H17FN2O3. The van der Waals surface area contributed by atoms with Crippen LogP contribution in [0.5, 0.6) is 0 Å². The van der Waals surface area contributed by atoms with E-state index in [4.69, 9.17) is 4.74 Å². The number of amides is 2. The van der Waals surface area contributed by atoms with Gasteiger partial charge in [-0.25, -0.2) is 4.39 Å². The van der Waals surface area contributed by atoms with Crippen molar-refractivity contribution in [2.45, 2.75) is 0 Å². The molecule has 5 nitrogen and oxygen atoms in total. The number of hydrogen-bond acceptors (Lipinski definition) is 3. The zero-order chi connectivity index (χ0) is 16.7. The molecule has 2 aromatic rings. The molecule has 0 radical (unpaired) electrons. The average Bonchev–Trinajstić information content (AvgIpc) is 2.56. The second-order valence-electron chi connectivity index (χ2n) is 4.76. The third kappa shape index (κ3) is 4.62. The fraction of sp³-hybridized carbons (Fsp3) is 0.176. The molecule has 0 saturated heterocycles. The van der Waals surface area contributed by atoms with Crippen molar-refractivity contribution in [1.29, 1.82) is 0 Å². The molecule has 0 aliphatic rings. The Kier molecular flexibility index (Phi) is 5.82. The minimum atomic E-state index is -0.417. The highest BCUT2D eigenvalue weighted by Gasteiger charge is 2.13. The predicted octanol–water partition coefficient (Wildman–Crippen LogP) is 2.45. The van der Waals surface area contributed by atoms with Crippen molar-refractivity contribution in [1.82, 2.24) is 5.32 Å². The number of hydrogen-bond donors (Lipinski definition) is 2. The summed E-state index contributed by atoms with van der Waals surface area (Å²) in [4.78, 5) is 24.3. The predicted molar refractivity (Wildman–Crippen MR) is 85.0 cm³/mol. The maximum atomic E-state index is 12.9. The van der Waals surface area contributed by atoms with Gasteiger partial charge in [-0.1, -0.05) is 12.1 Å². The van der Waals surface area contributed by atoms with Crippen LogP contribution < -0.4 is 10.6 Å². The molecule has 0 bridgehead atoms. The summed E-state index contributed by atoms with van der Waals surface area (Å²) in [5, 5.41) is 5.36. The van der Waals surface area contributed by atoms with E-state index in [1.54, 1.807) is 31.4 Å². The van der Waals surface area contributed by atoms with Crippen molar-refractivity contribution in [3.05, 3.63) is 65.5 Å². The molecule has 0 aliphatic heterocycles. The van der Waals surface area contributed by atoms with Gasteiger partial charge < -0.3 is 15.4 Å². The van der Waals surface area contributed by atoms with Gasteiger partial charge in [-0.3, -0.25) is 9.59 Å². The van der Waals surface area contributed by atoms with Crippen LogP contribution in [0.25, 0.3) is 0 Å².